The van der Waals surface area contributed by atoms with Gasteiger partial charge in [-0.15, -0.1) is 0 Å². The van der Waals surface area contributed by atoms with Crippen molar-refractivity contribution < 1.29 is 13.2 Å². The van der Waals surface area contributed by atoms with Crippen LogP contribution >= 0.6 is 0 Å². The molecule has 0 spiro atoms. The minimum Gasteiger partial charge on any atom is -0.328 e. The highest BCUT2D eigenvalue weighted by Gasteiger charge is 2.26. The number of aromatic nitrogens is 2. The average Bonchev–Trinajstić information content (AvgIpc) is 2.66. The molecule has 0 aliphatic heterocycles. The highest BCUT2D eigenvalue weighted by atomic mass is 19.4. The summed E-state index contributed by atoms with van der Waals surface area (Å²) >= 11 is 0. The Balaban J connectivity index is 2.20. The molecule has 1 aromatic heterocycles. The summed E-state index contributed by atoms with van der Waals surface area (Å²) in [5, 5.41) is 0. The van der Waals surface area contributed by atoms with Crippen molar-refractivity contribution in [3.63, 3.8) is 0 Å². The van der Waals surface area contributed by atoms with Gasteiger partial charge in [0.1, 0.15) is 5.82 Å². The second-order valence-corrected chi connectivity index (χ2v) is 4.24. The molecule has 0 saturated heterocycles. The molecule has 2 aromatic rings. The maximum Gasteiger partial charge on any atom is 0.389 e. The Morgan fingerprint density at radius 3 is 2.61 bits per heavy atom. The zero-order valence-corrected chi connectivity index (χ0v) is 10.2. The average molecular weight is 256 g/mol. The van der Waals surface area contributed by atoms with E-state index in [4.69, 9.17) is 0 Å². The van der Waals surface area contributed by atoms with Crippen LogP contribution < -0.4 is 0 Å². The van der Waals surface area contributed by atoms with E-state index in [2.05, 4.69) is 4.98 Å². The third kappa shape index (κ3) is 2.83. The van der Waals surface area contributed by atoms with Gasteiger partial charge in [0.05, 0.1) is 11.0 Å². The normalized spacial score (nSPS) is 12.2. The molecule has 5 heteroatoms. The van der Waals surface area contributed by atoms with Crippen LogP contribution in [0.4, 0.5) is 13.2 Å². The Labute approximate surface area is 103 Å². The first-order valence-corrected chi connectivity index (χ1v) is 6.02. The zero-order valence-electron chi connectivity index (χ0n) is 10.2. The van der Waals surface area contributed by atoms with Crippen LogP contribution in [0.5, 0.6) is 0 Å². The van der Waals surface area contributed by atoms with Crippen molar-refractivity contribution in [3.05, 3.63) is 30.1 Å². The molecule has 0 saturated carbocycles. The van der Waals surface area contributed by atoms with E-state index in [9.17, 15) is 13.2 Å². The molecule has 2 rings (SSSR count). The van der Waals surface area contributed by atoms with Crippen molar-refractivity contribution >= 4 is 11.0 Å². The Morgan fingerprint density at radius 1 is 1.22 bits per heavy atom. The van der Waals surface area contributed by atoms with Crippen molar-refractivity contribution in [2.24, 2.45) is 0 Å². The van der Waals surface area contributed by atoms with Gasteiger partial charge in [0.15, 0.2) is 0 Å². The number of rotatable bonds is 4. The van der Waals surface area contributed by atoms with Gasteiger partial charge in [-0.05, 0) is 18.6 Å². The molecule has 0 amide bonds. The monoisotopic (exact) mass is 256 g/mol. The molecular weight excluding hydrogens is 241 g/mol. The zero-order chi connectivity index (χ0) is 13.2. The highest BCUT2D eigenvalue weighted by molar-refractivity contribution is 5.75. The van der Waals surface area contributed by atoms with E-state index in [-0.39, 0.29) is 6.42 Å². The maximum atomic E-state index is 12.2. The number of para-hydroxylation sites is 2. The summed E-state index contributed by atoms with van der Waals surface area (Å²) in [7, 11) is 0. The van der Waals surface area contributed by atoms with Crippen molar-refractivity contribution in [1.29, 1.82) is 0 Å². The number of hydrogen-bond donors (Lipinski definition) is 0. The van der Waals surface area contributed by atoms with Crippen molar-refractivity contribution in [1.82, 2.24) is 9.55 Å². The van der Waals surface area contributed by atoms with Crippen LogP contribution in [-0.2, 0) is 13.0 Å². The SMILES string of the molecule is CCc1nc2ccccc2n1CCCC(F)(F)F. The van der Waals surface area contributed by atoms with Crippen LogP contribution in [0.1, 0.15) is 25.6 Å². The van der Waals surface area contributed by atoms with Gasteiger partial charge in [0, 0.05) is 19.4 Å². The molecule has 0 radical (unpaired) electrons. The van der Waals surface area contributed by atoms with Gasteiger partial charge in [-0.25, -0.2) is 4.98 Å². The summed E-state index contributed by atoms with van der Waals surface area (Å²) in [6, 6.07) is 7.54. The Bertz CT molecular complexity index is 529. The lowest BCUT2D eigenvalue weighted by atomic mass is 10.2. The Hall–Kier alpha value is -1.52. The van der Waals surface area contributed by atoms with Gasteiger partial charge in [-0.3, -0.25) is 0 Å². The number of aryl methyl sites for hydroxylation is 2. The van der Waals surface area contributed by atoms with Crippen LogP contribution in [0.25, 0.3) is 11.0 Å². The Morgan fingerprint density at radius 2 is 1.94 bits per heavy atom. The first kappa shape index (κ1) is 12.9. The van der Waals surface area contributed by atoms with E-state index >= 15 is 0 Å². The molecule has 0 unspecified atom stereocenters. The fourth-order valence-electron chi connectivity index (χ4n) is 2.08. The van der Waals surface area contributed by atoms with Crippen molar-refractivity contribution in [2.75, 3.05) is 0 Å². The molecule has 1 aromatic carbocycles. The van der Waals surface area contributed by atoms with Gasteiger partial charge in [0.25, 0.3) is 0 Å². The smallest absolute Gasteiger partial charge is 0.328 e. The quantitative estimate of drug-likeness (QED) is 0.810. The number of halogens is 3. The number of imidazole rings is 1. The second-order valence-electron chi connectivity index (χ2n) is 4.24. The van der Waals surface area contributed by atoms with Gasteiger partial charge in [0.2, 0.25) is 0 Å². The molecule has 0 atom stereocenters. The molecule has 2 nitrogen and oxygen atoms in total. The van der Waals surface area contributed by atoms with Gasteiger partial charge >= 0.3 is 6.18 Å². The molecule has 98 valence electrons. The number of fused-ring (bicyclic) bond motifs is 1. The third-order valence-electron chi connectivity index (χ3n) is 2.89. The summed E-state index contributed by atoms with van der Waals surface area (Å²) in [4.78, 5) is 4.43. The summed E-state index contributed by atoms with van der Waals surface area (Å²) in [6.45, 7) is 2.32. The van der Waals surface area contributed by atoms with Crippen LogP contribution in [0, 0.1) is 0 Å². The van der Waals surface area contributed by atoms with E-state index in [0.717, 1.165) is 23.3 Å². The minimum atomic E-state index is -4.08. The maximum absolute atomic E-state index is 12.2. The molecule has 18 heavy (non-hydrogen) atoms. The van der Waals surface area contributed by atoms with E-state index in [1.807, 2.05) is 35.8 Å². The summed E-state index contributed by atoms with van der Waals surface area (Å²) in [6.07, 6.45) is -4.01. The molecular formula is C13H15F3N2. The first-order chi connectivity index (χ1) is 8.51. The summed E-state index contributed by atoms with van der Waals surface area (Å²) in [5.41, 5.74) is 1.76. The largest absolute Gasteiger partial charge is 0.389 e. The number of nitrogens with zero attached hydrogens (tertiary/aromatic N) is 2. The van der Waals surface area contributed by atoms with Crippen LogP contribution in [0.3, 0.4) is 0 Å². The summed E-state index contributed by atoms with van der Waals surface area (Å²) in [5.74, 6) is 0.846. The molecule has 0 fully saturated rings. The number of hydrogen-bond acceptors (Lipinski definition) is 1. The lowest BCUT2D eigenvalue weighted by molar-refractivity contribution is -0.135. The predicted octanol–water partition coefficient (Wildman–Crippen LogP) is 3.94. The third-order valence-corrected chi connectivity index (χ3v) is 2.89. The topological polar surface area (TPSA) is 17.8 Å². The molecule has 1 heterocycles. The fourth-order valence-corrected chi connectivity index (χ4v) is 2.08. The van der Waals surface area contributed by atoms with Gasteiger partial charge < -0.3 is 4.57 Å². The van der Waals surface area contributed by atoms with Crippen LogP contribution in [-0.4, -0.2) is 15.7 Å². The van der Waals surface area contributed by atoms with E-state index < -0.39 is 12.6 Å². The van der Waals surface area contributed by atoms with Crippen molar-refractivity contribution in [3.8, 4) is 0 Å². The number of benzene rings is 1. The van der Waals surface area contributed by atoms with Crippen LogP contribution in [0.15, 0.2) is 24.3 Å². The van der Waals surface area contributed by atoms with Crippen LogP contribution in [0.2, 0.25) is 0 Å². The molecule has 0 aliphatic carbocycles. The minimum absolute atomic E-state index is 0.0941. The van der Waals surface area contributed by atoms with Gasteiger partial charge in [-0.1, -0.05) is 19.1 Å². The standard InChI is InChI=1S/C13H15F3N2/c1-2-12-17-10-6-3-4-7-11(10)18(12)9-5-8-13(14,15)16/h3-4,6-7H,2,5,8-9H2,1H3. The Kier molecular flexibility index (Phi) is 3.59. The summed E-state index contributed by atoms with van der Waals surface area (Å²) < 4.78 is 38.4. The second kappa shape index (κ2) is 5.00. The highest BCUT2D eigenvalue weighted by Crippen LogP contribution is 2.23. The predicted molar refractivity (Wildman–Crippen MR) is 64.4 cm³/mol. The van der Waals surface area contributed by atoms with E-state index in [0.29, 0.717) is 6.54 Å². The number of alkyl halides is 3. The fraction of sp³-hybridized carbons (Fsp3) is 0.462. The molecule has 0 aliphatic rings. The lowest BCUT2D eigenvalue weighted by Gasteiger charge is -2.09. The first-order valence-electron chi connectivity index (χ1n) is 6.02. The van der Waals surface area contributed by atoms with E-state index in [1.165, 1.54) is 0 Å². The lowest BCUT2D eigenvalue weighted by Crippen LogP contribution is -2.10. The molecule has 0 N–H and O–H groups in total. The van der Waals surface area contributed by atoms with E-state index in [1.54, 1.807) is 0 Å². The molecule has 0 bridgehead atoms. The van der Waals surface area contributed by atoms with Crippen molar-refractivity contribution in [2.45, 2.75) is 38.9 Å². The van der Waals surface area contributed by atoms with Gasteiger partial charge in [-0.2, -0.15) is 13.2 Å².